The molecule has 0 aliphatic rings. The van der Waals surface area contributed by atoms with Crippen LogP contribution in [-0.4, -0.2) is 41.8 Å². The maximum absolute atomic E-state index is 13.2. The molecule has 148 valence electrons. The number of amides is 1. The lowest BCUT2D eigenvalue weighted by Crippen LogP contribution is -2.30. The summed E-state index contributed by atoms with van der Waals surface area (Å²) in [5, 5.41) is 14.1. The third kappa shape index (κ3) is 3.43. The number of aromatic nitrogens is 2. The molecule has 28 heavy (non-hydrogen) atoms. The number of benzene rings is 1. The fourth-order valence-electron chi connectivity index (χ4n) is 3.11. The number of primary amides is 1. The molecule has 0 atom stereocenters. The van der Waals surface area contributed by atoms with Crippen LogP contribution in [0.15, 0.2) is 36.5 Å². The quantitative estimate of drug-likeness (QED) is 0.643. The molecule has 0 radical (unpaired) electrons. The zero-order chi connectivity index (χ0) is 20.6. The predicted octanol–water partition coefficient (Wildman–Crippen LogP) is 1.52. The average Bonchev–Trinajstić information content (AvgIpc) is 2.99. The Labute approximate surface area is 161 Å². The summed E-state index contributed by atoms with van der Waals surface area (Å²) in [5.41, 5.74) is 7.19. The van der Waals surface area contributed by atoms with Crippen molar-refractivity contribution in [2.24, 2.45) is 5.73 Å². The van der Waals surface area contributed by atoms with Gasteiger partial charge in [0.2, 0.25) is 10.0 Å². The van der Waals surface area contributed by atoms with Gasteiger partial charge in [-0.05, 0) is 37.3 Å². The van der Waals surface area contributed by atoms with Crippen LogP contribution in [0.4, 0.5) is 10.1 Å². The number of carbonyl (C=O) groups is 1. The fourth-order valence-corrected chi connectivity index (χ4v) is 4.10. The Morgan fingerprint density at radius 2 is 1.96 bits per heavy atom. The SMILES string of the molecule is CCN(c1cn2nc(-c3ccc(F)cc3)c(C(N)=O)c2cc1CO)S(C)(=O)=O. The molecule has 0 aliphatic heterocycles. The van der Waals surface area contributed by atoms with Crippen LogP contribution in [0.2, 0.25) is 0 Å². The van der Waals surface area contributed by atoms with E-state index in [9.17, 15) is 22.7 Å². The molecule has 1 amide bonds. The third-order valence-corrected chi connectivity index (χ3v) is 5.58. The molecule has 3 N–H and O–H groups in total. The zero-order valence-electron chi connectivity index (χ0n) is 15.3. The number of pyridine rings is 1. The Morgan fingerprint density at radius 3 is 2.46 bits per heavy atom. The van der Waals surface area contributed by atoms with E-state index >= 15 is 0 Å². The van der Waals surface area contributed by atoms with Crippen molar-refractivity contribution in [3.63, 3.8) is 0 Å². The molecule has 0 fully saturated rings. The van der Waals surface area contributed by atoms with Crippen LogP contribution in [0.3, 0.4) is 0 Å². The van der Waals surface area contributed by atoms with E-state index in [2.05, 4.69) is 5.10 Å². The predicted molar refractivity (Wildman–Crippen MR) is 103 cm³/mol. The number of rotatable bonds is 6. The highest BCUT2D eigenvalue weighted by molar-refractivity contribution is 7.92. The minimum Gasteiger partial charge on any atom is -0.392 e. The summed E-state index contributed by atoms with van der Waals surface area (Å²) in [6.45, 7) is 1.35. The lowest BCUT2D eigenvalue weighted by Gasteiger charge is -2.23. The van der Waals surface area contributed by atoms with Gasteiger partial charge in [-0.3, -0.25) is 9.10 Å². The summed E-state index contributed by atoms with van der Waals surface area (Å²) in [4.78, 5) is 12.1. The Hall–Kier alpha value is -2.98. The van der Waals surface area contributed by atoms with E-state index in [-0.39, 0.29) is 23.5 Å². The van der Waals surface area contributed by atoms with Crippen LogP contribution in [0.1, 0.15) is 22.8 Å². The van der Waals surface area contributed by atoms with Gasteiger partial charge < -0.3 is 10.8 Å². The van der Waals surface area contributed by atoms with E-state index in [0.29, 0.717) is 16.6 Å². The van der Waals surface area contributed by atoms with Crippen molar-refractivity contribution in [1.82, 2.24) is 9.61 Å². The van der Waals surface area contributed by atoms with Crippen molar-refractivity contribution in [3.05, 3.63) is 53.5 Å². The number of nitrogens with zero attached hydrogens (tertiary/aromatic N) is 3. The standard InChI is InChI=1S/C18H19FN4O4S/c1-3-23(28(2,26)27)15-9-22-14(8-12(15)10-24)16(18(20)25)17(21-22)11-4-6-13(19)7-5-11/h4-9,24H,3,10H2,1-2H3,(H2,20,25). The third-order valence-electron chi connectivity index (χ3n) is 4.32. The van der Waals surface area contributed by atoms with Gasteiger partial charge in [-0.1, -0.05) is 0 Å². The number of anilines is 1. The van der Waals surface area contributed by atoms with Gasteiger partial charge in [0.15, 0.2) is 0 Å². The van der Waals surface area contributed by atoms with Gasteiger partial charge in [-0.2, -0.15) is 5.10 Å². The summed E-state index contributed by atoms with van der Waals surface area (Å²) in [7, 11) is -3.60. The summed E-state index contributed by atoms with van der Waals surface area (Å²) in [6.07, 6.45) is 2.48. The molecule has 0 unspecified atom stereocenters. The Balaban J connectivity index is 2.33. The first-order valence-corrected chi connectivity index (χ1v) is 10.2. The minimum atomic E-state index is -3.60. The largest absolute Gasteiger partial charge is 0.392 e. The molecular weight excluding hydrogens is 387 g/mol. The molecule has 3 rings (SSSR count). The van der Waals surface area contributed by atoms with Gasteiger partial charge in [-0.15, -0.1) is 0 Å². The Bertz CT molecular complexity index is 1160. The molecule has 3 aromatic rings. The molecule has 10 heteroatoms. The van der Waals surface area contributed by atoms with Crippen molar-refractivity contribution >= 4 is 27.1 Å². The topological polar surface area (TPSA) is 118 Å². The molecule has 0 spiro atoms. The Kier molecular flexibility index (Phi) is 5.09. The lowest BCUT2D eigenvalue weighted by molar-refractivity contribution is 0.100. The molecule has 0 bridgehead atoms. The molecule has 0 aliphatic carbocycles. The zero-order valence-corrected chi connectivity index (χ0v) is 16.1. The number of fused-ring (bicyclic) bond motifs is 1. The van der Waals surface area contributed by atoms with E-state index < -0.39 is 28.4 Å². The first-order chi connectivity index (χ1) is 13.2. The first-order valence-electron chi connectivity index (χ1n) is 8.37. The second-order valence-corrected chi connectivity index (χ2v) is 8.10. The smallest absolute Gasteiger partial charge is 0.253 e. The number of hydrogen-bond acceptors (Lipinski definition) is 5. The van der Waals surface area contributed by atoms with Gasteiger partial charge in [0.1, 0.15) is 11.5 Å². The number of aliphatic hydroxyl groups is 1. The summed E-state index contributed by atoms with van der Waals surface area (Å²) >= 11 is 0. The number of nitrogens with two attached hydrogens (primary N) is 1. The number of sulfonamides is 1. The maximum atomic E-state index is 13.2. The van der Waals surface area contributed by atoms with Crippen LogP contribution in [0, 0.1) is 5.82 Å². The first kappa shape index (κ1) is 19.8. The molecule has 2 aromatic heterocycles. The summed E-state index contributed by atoms with van der Waals surface area (Å²) in [5.74, 6) is -1.19. The van der Waals surface area contributed by atoms with Gasteiger partial charge in [0.25, 0.3) is 5.91 Å². The van der Waals surface area contributed by atoms with Crippen LogP contribution in [0.25, 0.3) is 16.8 Å². The van der Waals surface area contributed by atoms with Crippen molar-refractivity contribution in [2.75, 3.05) is 17.1 Å². The molecular formula is C18H19FN4O4S. The van der Waals surface area contributed by atoms with Crippen LogP contribution in [0.5, 0.6) is 0 Å². The van der Waals surface area contributed by atoms with Crippen LogP contribution in [-0.2, 0) is 16.6 Å². The van der Waals surface area contributed by atoms with Gasteiger partial charge in [-0.25, -0.2) is 17.3 Å². The number of halogens is 1. The monoisotopic (exact) mass is 406 g/mol. The highest BCUT2D eigenvalue weighted by Gasteiger charge is 2.24. The molecule has 0 saturated carbocycles. The second kappa shape index (κ2) is 7.21. The number of aliphatic hydroxyl groups excluding tert-OH is 1. The van der Waals surface area contributed by atoms with E-state index in [4.69, 9.17) is 5.73 Å². The highest BCUT2D eigenvalue weighted by Crippen LogP contribution is 2.31. The summed E-state index contributed by atoms with van der Waals surface area (Å²) in [6, 6.07) is 6.87. The lowest BCUT2D eigenvalue weighted by atomic mass is 10.1. The van der Waals surface area contributed by atoms with Gasteiger partial charge >= 0.3 is 0 Å². The van der Waals surface area contributed by atoms with Gasteiger partial charge in [0.05, 0.1) is 35.8 Å². The average molecular weight is 406 g/mol. The fraction of sp³-hybridized carbons (Fsp3) is 0.222. The molecule has 0 saturated heterocycles. The number of carbonyl (C=O) groups excluding carboxylic acids is 1. The highest BCUT2D eigenvalue weighted by atomic mass is 32.2. The van der Waals surface area contributed by atoms with Crippen molar-refractivity contribution in [3.8, 4) is 11.3 Å². The van der Waals surface area contributed by atoms with Crippen molar-refractivity contribution in [1.29, 1.82) is 0 Å². The maximum Gasteiger partial charge on any atom is 0.253 e. The van der Waals surface area contributed by atoms with E-state index in [1.807, 2.05) is 0 Å². The van der Waals surface area contributed by atoms with E-state index in [1.54, 1.807) is 6.92 Å². The molecule has 8 nitrogen and oxygen atoms in total. The number of hydrogen-bond donors (Lipinski definition) is 2. The van der Waals surface area contributed by atoms with Crippen molar-refractivity contribution in [2.45, 2.75) is 13.5 Å². The van der Waals surface area contributed by atoms with Crippen molar-refractivity contribution < 1.29 is 22.7 Å². The normalized spacial score (nSPS) is 11.7. The van der Waals surface area contributed by atoms with Gasteiger partial charge in [0, 0.05) is 17.7 Å². The van der Waals surface area contributed by atoms with E-state index in [1.165, 1.54) is 41.0 Å². The second-order valence-electron chi connectivity index (χ2n) is 6.19. The van der Waals surface area contributed by atoms with Crippen LogP contribution < -0.4 is 10.0 Å². The van der Waals surface area contributed by atoms with Crippen LogP contribution >= 0.6 is 0 Å². The Morgan fingerprint density at radius 1 is 1.32 bits per heavy atom. The molecule has 1 aromatic carbocycles. The minimum absolute atomic E-state index is 0.0928. The van der Waals surface area contributed by atoms with E-state index in [0.717, 1.165) is 10.6 Å². The molecule has 2 heterocycles. The summed E-state index contributed by atoms with van der Waals surface area (Å²) < 4.78 is 39.9.